The minimum atomic E-state index is 0.409. The topological polar surface area (TPSA) is 56.7 Å². The molecule has 0 amide bonds. The van der Waals surface area contributed by atoms with Crippen LogP contribution in [0.2, 0.25) is 0 Å². The lowest BCUT2D eigenvalue weighted by molar-refractivity contribution is 0.360. The average Bonchev–Trinajstić information content (AvgIpc) is 2.95. The third-order valence-corrected chi connectivity index (χ3v) is 3.04. The van der Waals surface area contributed by atoms with Crippen LogP contribution in [-0.2, 0) is 0 Å². The van der Waals surface area contributed by atoms with Gasteiger partial charge in [-0.05, 0) is 37.5 Å². The van der Waals surface area contributed by atoms with E-state index < -0.39 is 0 Å². The minimum Gasteiger partial charge on any atom is -0.367 e. The molecular formula is C9H14N4. The molecule has 2 N–H and O–H groups in total. The highest BCUT2D eigenvalue weighted by Gasteiger charge is 2.43. The van der Waals surface area contributed by atoms with Crippen LogP contribution in [0.25, 0.3) is 0 Å². The Morgan fingerprint density at radius 1 is 1.31 bits per heavy atom. The van der Waals surface area contributed by atoms with Crippen molar-refractivity contribution in [3.05, 3.63) is 6.33 Å². The first-order valence-electron chi connectivity index (χ1n) is 5.01. The van der Waals surface area contributed by atoms with Gasteiger partial charge < -0.3 is 5.73 Å². The molecule has 1 aromatic rings. The summed E-state index contributed by atoms with van der Waals surface area (Å²) in [5.41, 5.74) is 5.51. The summed E-state index contributed by atoms with van der Waals surface area (Å²) in [5.74, 6) is 2.12. The molecule has 0 aromatic carbocycles. The third-order valence-electron chi connectivity index (χ3n) is 3.04. The first-order valence-corrected chi connectivity index (χ1v) is 5.01. The van der Waals surface area contributed by atoms with Crippen LogP contribution in [-0.4, -0.2) is 14.8 Å². The van der Waals surface area contributed by atoms with Gasteiger partial charge in [-0.2, -0.15) is 0 Å². The smallest absolute Gasteiger partial charge is 0.239 e. The number of rotatable bonds is 3. The Kier molecular flexibility index (Phi) is 1.39. The third kappa shape index (κ3) is 1.30. The highest BCUT2D eigenvalue weighted by atomic mass is 15.4. The van der Waals surface area contributed by atoms with Crippen LogP contribution in [0.1, 0.15) is 31.7 Å². The predicted molar refractivity (Wildman–Crippen MR) is 48.9 cm³/mol. The quantitative estimate of drug-likeness (QED) is 0.757. The van der Waals surface area contributed by atoms with E-state index in [0.29, 0.717) is 12.0 Å². The fourth-order valence-corrected chi connectivity index (χ4v) is 2.12. The van der Waals surface area contributed by atoms with Gasteiger partial charge in [0.05, 0.1) is 6.04 Å². The normalized spacial score (nSPS) is 22.5. The zero-order valence-electron chi connectivity index (χ0n) is 7.56. The molecular weight excluding hydrogens is 164 g/mol. The van der Waals surface area contributed by atoms with Crippen LogP contribution in [0.5, 0.6) is 0 Å². The fourth-order valence-electron chi connectivity index (χ4n) is 2.12. The number of aromatic nitrogens is 3. The lowest BCUT2D eigenvalue weighted by Crippen LogP contribution is -2.14. The van der Waals surface area contributed by atoms with Crippen molar-refractivity contribution >= 4 is 5.95 Å². The molecule has 0 atom stereocenters. The number of nitrogens with two attached hydrogens (primary N) is 1. The second-order valence-electron chi connectivity index (χ2n) is 4.25. The van der Waals surface area contributed by atoms with Gasteiger partial charge in [0.15, 0.2) is 0 Å². The summed E-state index contributed by atoms with van der Waals surface area (Å²) in [5, 5.41) is 4.22. The van der Waals surface area contributed by atoms with Gasteiger partial charge in [0.1, 0.15) is 6.33 Å². The molecule has 3 rings (SSSR count). The van der Waals surface area contributed by atoms with Gasteiger partial charge in [-0.1, -0.05) is 0 Å². The number of hydrogen-bond acceptors (Lipinski definition) is 3. The van der Waals surface area contributed by atoms with Gasteiger partial charge in [0, 0.05) is 0 Å². The van der Waals surface area contributed by atoms with Crippen molar-refractivity contribution in [2.24, 2.45) is 11.8 Å². The zero-order chi connectivity index (χ0) is 8.84. The summed E-state index contributed by atoms with van der Waals surface area (Å²) in [4.78, 5) is 3.99. The molecule has 0 saturated heterocycles. The Morgan fingerprint density at radius 3 is 2.31 bits per heavy atom. The van der Waals surface area contributed by atoms with Crippen molar-refractivity contribution in [3.63, 3.8) is 0 Å². The highest BCUT2D eigenvalue weighted by Crippen LogP contribution is 2.51. The molecule has 0 spiro atoms. The molecule has 0 aliphatic heterocycles. The van der Waals surface area contributed by atoms with Crippen LogP contribution >= 0.6 is 0 Å². The zero-order valence-corrected chi connectivity index (χ0v) is 7.56. The number of nitrogen functional groups attached to an aromatic ring is 1. The van der Waals surface area contributed by atoms with E-state index in [2.05, 4.69) is 10.1 Å². The maximum atomic E-state index is 5.51. The maximum absolute atomic E-state index is 5.51. The lowest BCUT2D eigenvalue weighted by Gasteiger charge is -2.14. The van der Waals surface area contributed by atoms with Crippen molar-refractivity contribution in [1.29, 1.82) is 0 Å². The van der Waals surface area contributed by atoms with Gasteiger partial charge in [-0.15, -0.1) is 5.10 Å². The van der Waals surface area contributed by atoms with E-state index in [9.17, 15) is 0 Å². The van der Waals surface area contributed by atoms with Crippen LogP contribution in [0, 0.1) is 11.8 Å². The average molecular weight is 178 g/mol. The Balaban J connectivity index is 1.86. The molecule has 2 fully saturated rings. The minimum absolute atomic E-state index is 0.409. The summed E-state index contributed by atoms with van der Waals surface area (Å²) in [7, 11) is 0. The first-order chi connectivity index (χ1) is 6.34. The first kappa shape index (κ1) is 7.35. The molecule has 0 radical (unpaired) electrons. The maximum Gasteiger partial charge on any atom is 0.239 e. The standard InChI is InChI=1S/C9H14N4/c10-9-11-5-13(12-9)8(6-1-2-6)7-3-4-7/h5-8H,1-4H2,(H2,10,12). The van der Waals surface area contributed by atoms with Crippen molar-refractivity contribution in [1.82, 2.24) is 14.8 Å². The summed E-state index contributed by atoms with van der Waals surface area (Å²) >= 11 is 0. The molecule has 2 saturated carbocycles. The van der Waals surface area contributed by atoms with Crippen molar-refractivity contribution < 1.29 is 0 Å². The molecule has 0 unspecified atom stereocenters. The van der Waals surface area contributed by atoms with Gasteiger partial charge in [-0.25, -0.2) is 9.67 Å². The number of hydrogen-bond donors (Lipinski definition) is 1. The fraction of sp³-hybridized carbons (Fsp3) is 0.778. The van der Waals surface area contributed by atoms with Gasteiger partial charge >= 0.3 is 0 Å². The number of anilines is 1. The summed E-state index contributed by atoms with van der Waals surface area (Å²) in [6, 6.07) is 0.602. The molecule has 2 aliphatic rings. The predicted octanol–water partition coefficient (Wildman–Crippen LogP) is 1.22. The Hall–Kier alpha value is -1.06. The summed E-state index contributed by atoms with van der Waals surface area (Å²) in [6.07, 6.45) is 7.24. The largest absolute Gasteiger partial charge is 0.367 e. The van der Waals surface area contributed by atoms with E-state index in [0.717, 1.165) is 11.8 Å². The molecule has 0 bridgehead atoms. The Morgan fingerprint density at radius 2 is 1.92 bits per heavy atom. The monoisotopic (exact) mass is 178 g/mol. The molecule has 4 nitrogen and oxygen atoms in total. The molecule has 13 heavy (non-hydrogen) atoms. The van der Waals surface area contributed by atoms with Crippen molar-refractivity contribution in [2.75, 3.05) is 5.73 Å². The van der Waals surface area contributed by atoms with Gasteiger partial charge in [-0.3, -0.25) is 0 Å². The van der Waals surface area contributed by atoms with E-state index in [4.69, 9.17) is 5.73 Å². The lowest BCUT2D eigenvalue weighted by atomic mass is 10.1. The van der Waals surface area contributed by atoms with Gasteiger partial charge in [0.25, 0.3) is 0 Å². The molecule has 1 aromatic heterocycles. The van der Waals surface area contributed by atoms with Crippen LogP contribution < -0.4 is 5.73 Å². The summed E-state index contributed by atoms with van der Waals surface area (Å²) in [6.45, 7) is 0. The summed E-state index contributed by atoms with van der Waals surface area (Å²) < 4.78 is 1.99. The molecule has 1 heterocycles. The van der Waals surface area contributed by atoms with Gasteiger partial charge in [0.2, 0.25) is 5.95 Å². The van der Waals surface area contributed by atoms with E-state index in [1.807, 2.05) is 4.68 Å². The SMILES string of the molecule is Nc1ncn(C(C2CC2)C2CC2)n1. The van der Waals surface area contributed by atoms with Crippen LogP contribution in [0.3, 0.4) is 0 Å². The van der Waals surface area contributed by atoms with Crippen molar-refractivity contribution in [3.8, 4) is 0 Å². The van der Waals surface area contributed by atoms with E-state index in [1.54, 1.807) is 6.33 Å². The second kappa shape index (κ2) is 2.47. The molecule has 2 aliphatic carbocycles. The van der Waals surface area contributed by atoms with E-state index in [-0.39, 0.29) is 0 Å². The molecule has 70 valence electrons. The van der Waals surface area contributed by atoms with E-state index in [1.165, 1.54) is 25.7 Å². The Bertz CT molecular complexity index is 299. The number of nitrogens with zero attached hydrogens (tertiary/aromatic N) is 3. The van der Waals surface area contributed by atoms with Crippen molar-refractivity contribution in [2.45, 2.75) is 31.7 Å². The second-order valence-corrected chi connectivity index (χ2v) is 4.25. The van der Waals surface area contributed by atoms with Crippen LogP contribution in [0.4, 0.5) is 5.95 Å². The van der Waals surface area contributed by atoms with E-state index >= 15 is 0 Å². The van der Waals surface area contributed by atoms with Crippen LogP contribution in [0.15, 0.2) is 6.33 Å². The molecule has 4 heteroatoms. The highest BCUT2D eigenvalue weighted by molar-refractivity contribution is 5.10. The Labute approximate surface area is 77.1 Å².